The van der Waals surface area contributed by atoms with Gasteiger partial charge in [-0.3, -0.25) is 5.32 Å². The number of rotatable bonds is 1. The number of hydrogen-bond acceptors (Lipinski definition) is 3. The molecule has 5 nitrogen and oxygen atoms in total. The minimum Gasteiger partial charge on any atom is -0.323 e. The summed E-state index contributed by atoms with van der Waals surface area (Å²) >= 11 is 0. The van der Waals surface area contributed by atoms with Crippen molar-refractivity contribution in [1.29, 1.82) is 0 Å². The molecule has 0 bridgehead atoms. The fourth-order valence-corrected chi connectivity index (χ4v) is 1.67. The van der Waals surface area contributed by atoms with Crippen LogP contribution in [0.4, 0.5) is 10.6 Å². The van der Waals surface area contributed by atoms with Crippen LogP contribution in [0.1, 0.15) is 6.42 Å². The van der Waals surface area contributed by atoms with Crippen LogP contribution in [-0.4, -0.2) is 42.1 Å². The summed E-state index contributed by atoms with van der Waals surface area (Å²) in [5.41, 5.74) is 0. The molecule has 1 aromatic heterocycles. The van der Waals surface area contributed by atoms with Crippen LogP contribution in [0.3, 0.4) is 0 Å². The van der Waals surface area contributed by atoms with E-state index in [1.165, 1.54) is 0 Å². The predicted molar refractivity (Wildman–Crippen MR) is 62.3 cm³/mol. The predicted octanol–water partition coefficient (Wildman–Crippen LogP) is 0.909. The molecule has 16 heavy (non-hydrogen) atoms. The number of carbonyl (C=O) groups excluding carboxylic acids is 1. The van der Waals surface area contributed by atoms with E-state index in [0.29, 0.717) is 5.82 Å². The number of hydrogen-bond donors (Lipinski definition) is 2. The van der Waals surface area contributed by atoms with Crippen LogP contribution < -0.4 is 10.6 Å². The van der Waals surface area contributed by atoms with E-state index in [-0.39, 0.29) is 6.03 Å². The summed E-state index contributed by atoms with van der Waals surface area (Å²) < 4.78 is 0. The summed E-state index contributed by atoms with van der Waals surface area (Å²) in [6.45, 7) is 3.38. The topological polar surface area (TPSA) is 57.3 Å². The van der Waals surface area contributed by atoms with E-state index in [4.69, 9.17) is 0 Å². The van der Waals surface area contributed by atoms with E-state index in [0.717, 1.165) is 32.6 Å². The van der Waals surface area contributed by atoms with E-state index in [9.17, 15) is 4.79 Å². The van der Waals surface area contributed by atoms with Crippen LogP contribution in [0.5, 0.6) is 0 Å². The van der Waals surface area contributed by atoms with Crippen molar-refractivity contribution in [3.63, 3.8) is 0 Å². The third kappa shape index (κ3) is 2.93. The molecular weight excluding hydrogens is 204 g/mol. The van der Waals surface area contributed by atoms with Gasteiger partial charge in [0.2, 0.25) is 0 Å². The monoisotopic (exact) mass is 220 g/mol. The molecule has 0 radical (unpaired) electrons. The van der Waals surface area contributed by atoms with E-state index in [2.05, 4.69) is 15.6 Å². The minimum absolute atomic E-state index is 0.0672. The molecule has 2 rings (SSSR count). The largest absolute Gasteiger partial charge is 0.323 e. The van der Waals surface area contributed by atoms with Crippen LogP contribution in [-0.2, 0) is 0 Å². The van der Waals surface area contributed by atoms with Crippen molar-refractivity contribution >= 4 is 11.8 Å². The van der Waals surface area contributed by atoms with Crippen LogP contribution in [0.25, 0.3) is 0 Å². The Morgan fingerprint density at radius 2 is 2.31 bits per heavy atom. The number of nitrogens with one attached hydrogen (secondary N) is 2. The summed E-state index contributed by atoms with van der Waals surface area (Å²) in [6.07, 6.45) is 2.66. The normalized spacial score (nSPS) is 16.6. The van der Waals surface area contributed by atoms with Gasteiger partial charge in [0.15, 0.2) is 0 Å². The number of pyridine rings is 1. The lowest BCUT2D eigenvalue weighted by molar-refractivity contribution is 0.215. The summed E-state index contributed by atoms with van der Waals surface area (Å²) in [5.74, 6) is 0.602. The van der Waals surface area contributed by atoms with Gasteiger partial charge in [-0.05, 0) is 25.1 Å². The molecule has 5 heteroatoms. The number of anilines is 1. The third-order valence-corrected chi connectivity index (χ3v) is 2.53. The molecule has 86 valence electrons. The first-order valence-electron chi connectivity index (χ1n) is 5.54. The second-order valence-corrected chi connectivity index (χ2v) is 3.74. The van der Waals surface area contributed by atoms with Gasteiger partial charge in [-0.25, -0.2) is 9.78 Å². The Morgan fingerprint density at radius 3 is 3.12 bits per heavy atom. The lowest BCUT2D eigenvalue weighted by atomic mass is 10.4. The van der Waals surface area contributed by atoms with E-state index in [1.807, 2.05) is 17.0 Å². The van der Waals surface area contributed by atoms with Gasteiger partial charge in [-0.1, -0.05) is 6.07 Å². The molecule has 2 N–H and O–H groups in total. The zero-order valence-electron chi connectivity index (χ0n) is 9.15. The van der Waals surface area contributed by atoms with Crippen molar-refractivity contribution in [2.24, 2.45) is 0 Å². The van der Waals surface area contributed by atoms with E-state index < -0.39 is 0 Å². The first-order chi connectivity index (χ1) is 7.86. The zero-order chi connectivity index (χ0) is 11.2. The van der Waals surface area contributed by atoms with Crippen molar-refractivity contribution in [2.75, 3.05) is 31.5 Å². The van der Waals surface area contributed by atoms with Crippen molar-refractivity contribution in [1.82, 2.24) is 15.2 Å². The van der Waals surface area contributed by atoms with Crippen LogP contribution in [0, 0.1) is 0 Å². The van der Waals surface area contributed by atoms with Gasteiger partial charge in [0.05, 0.1) is 0 Å². The highest BCUT2D eigenvalue weighted by atomic mass is 16.2. The number of carbonyl (C=O) groups is 1. The first kappa shape index (κ1) is 10.9. The molecule has 0 spiro atoms. The molecule has 0 unspecified atom stereocenters. The molecule has 1 saturated heterocycles. The summed E-state index contributed by atoms with van der Waals surface area (Å²) in [5, 5.41) is 6.05. The van der Waals surface area contributed by atoms with Crippen LogP contribution in [0.15, 0.2) is 24.4 Å². The second kappa shape index (κ2) is 5.46. The molecule has 1 fully saturated rings. The highest BCUT2D eigenvalue weighted by Gasteiger charge is 2.14. The summed E-state index contributed by atoms with van der Waals surface area (Å²) in [6, 6.07) is 5.40. The molecule has 1 aromatic rings. The SMILES string of the molecule is O=C(Nc1ccccn1)N1CCCNCC1. The van der Waals surface area contributed by atoms with Crippen LogP contribution >= 0.6 is 0 Å². The maximum absolute atomic E-state index is 11.9. The Labute approximate surface area is 94.9 Å². The summed E-state index contributed by atoms with van der Waals surface area (Å²) in [7, 11) is 0. The smallest absolute Gasteiger partial charge is 0.323 e. The second-order valence-electron chi connectivity index (χ2n) is 3.74. The molecule has 0 aromatic carbocycles. The van der Waals surface area contributed by atoms with Gasteiger partial charge in [0, 0.05) is 25.8 Å². The average molecular weight is 220 g/mol. The Hall–Kier alpha value is -1.62. The highest BCUT2D eigenvalue weighted by molar-refractivity contribution is 5.88. The maximum Gasteiger partial charge on any atom is 0.323 e. The van der Waals surface area contributed by atoms with Gasteiger partial charge < -0.3 is 10.2 Å². The van der Waals surface area contributed by atoms with Crippen LogP contribution in [0.2, 0.25) is 0 Å². The van der Waals surface area contributed by atoms with Gasteiger partial charge >= 0.3 is 6.03 Å². The molecule has 1 aliphatic heterocycles. The number of urea groups is 1. The Bertz CT molecular complexity index is 333. The van der Waals surface area contributed by atoms with Gasteiger partial charge in [-0.15, -0.1) is 0 Å². The zero-order valence-corrected chi connectivity index (χ0v) is 9.15. The van der Waals surface area contributed by atoms with E-state index >= 15 is 0 Å². The number of nitrogens with zero attached hydrogens (tertiary/aromatic N) is 2. The molecule has 0 aliphatic carbocycles. The van der Waals surface area contributed by atoms with Crippen molar-refractivity contribution in [2.45, 2.75) is 6.42 Å². The molecule has 0 saturated carbocycles. The Morgan fingerprint density at radius 1 is 1.38 bits per heavy atom. The lowest BCUT2D eigenvalue weighted by Gasteiger charge is -2.19. The van der Waals surface area contributed by atoms with Gasteiger partial charge in [0.1, 0.15) is 5.82 Å². The molecule has 0 atom stereocenters. The quantitative estimate of drug-likeness (QED) is 0.739. The van der Waals surface area contributed by atoms with Gasteiger partial charge in [-0.2, -0.15) is 0 Å². The van der Waals surface area contributed by atoms with Crippen molar-refractivity contribution < 1.29 is 4.79 Å². The average Bonchev–Trinajstić information content (AvgIpc) is 2.59. The molecule has 2 heterocycles. The molecule has 2 amide bonds. The highest BCUT2D eigenvalue weighted by Crippen LogP contribution is 2.03. The molecule has 1 aliphatic rings. The van der Waals surface area contributed by atoms with E-state index in [1.54, 1.807) is 12.3 Å². The minimum atomic E-state index is -0.0672. The number of amides is 2. The Balaban J connectivity index is 1.92. The first-order valence-corrected chi connectivity index (χ1v) is 5.54. The Kier molecular flexibility index (Phi) is 3.71. The summed E-state index contributed by atoms with van der Waals surface area (Å²) in [4.78, 5) is 17.7. The fraction of sp³-hybridized carbons (Fsp3) is 0.455. The third-order valence-electron chi connectivity index (χ3n) is 2.53. The maximum atomic E-state index is 11.9. The number of aromatic nitrogens is 1. The van der Waals surface area contributed by atoms with Crippen molar-refractivity contribution in [3.05, 3.63) is 24.4 Å². The standard InChI is InChI=1S/C11H16N4O/c16-11(14-10-4-1-2-6-13-10)15-8-3-5-12-7-9-15/h1-2,4,6,12H,3,5,7-9H2,(H,13,14,16). The lowest BCUT2D eigenvalue weighted by Crippen LogP contribution is -2.37. The molecular formula is C11H16N4O. The van der Waals surface area contributed by atoms with Gasteiger partial charge in [0.25, 0.3) is 0 Å². The fourth-order valence-electron chi connectivity index (χ4n) is 1.67. The van der Waals surface area contributed by atoms with Crippen molar-refractivity contribution in [3.8, 4) is 0 Å².